The SMILES string of the molecule is COc1ccc(NC(C)=O)c(NS(=O)(=O)c2ccc(C)cc2C)c1. The molecule has 2 N–H and O–H groups in total. The summed E-state index contributed by atoms with van der Waals surface area (Å²) >= 11 is 0. The summed E-state index contributed by atoms with van der Waals surface area (Å²) < 4.78 is 33.1. The van der Waals surface area contributed by atoms with Crippen LogP contribution in [0.4, 0.5) is 11.4 Å². The maximum atomic E-state index is 12.7. The molecule has 7 heteroatoms. The third-order valence-electron chi connectivity index (χ3n) is 3.40. The summed E-state index contributed by atoms with van der Waals surface area (Å²) in [6.45, 7) is 4.99. The number of anilines is 2. The van der Waals surface area contributed by atoms with Gasteiger partial charge in [0.05, 0.1) is 23.4 Å². The molecular weight excluding hydrogens is 328 g/mol. The monoisotopic (exact) mass is 348 g/mol. The lowest BCUT2D eigenvalue weighted by molar-refractivity contribution is -0.114. The Balaban J connectivity index is 2.46. The first-order valence-corrected chi connectivity index (χ1v) is 8.77. The van der Waals surface area contributed by atoms with Gasteiger partial charge in [-0.1, -0.05) is 17.7 Å². The number of benzene rings is 2. The number of carbonyl (C=O) groups is 1. The van der Waals surface area contributed by atoms with Crippen LogP contribution in [0.1, 0.15) is 18.1 Å². The number of hydrogen-bond donors (Lipinski definition) is 2. The van der Waals surface area contributed by atoms with E-state index in [4.69, 9.17) is 4.74 Å². The van der Waals surface area contributed by atoms with Gasteiger partial charge in [-0.2, -0.15) is 0 Å². The second-order valence-electron chi connectivity index (χ2n) is 5.47. The molecule has 24 heavy (non-hydrogen) atoms. The van der Waals surface area contributed by atoms with Gasteiger partial charge in [0.1, 0.15) is 5.75 Å². The van der Waals surface area contributed by atoms with Crippen molar-refractivity contribution in [1.82, 2.24) is 0 Å². The minimum Gasteiger partial charge on any atom is -0.497 e. The number of hydrogen-bond acceptors (Lipinski definition) is 4. The first kappa shape index (κ1) is 17.8. The first-order valence-electron chi connectivity index (χ1n) is 7.28. The van der Waals surface area contributed by atoms with E-state index in [1.807, 2.05) is 6.92 Å². The van der Waals surface area contributed by atoms with E-state index in [1.165, 1.54) is 20.1 Å². The highest BCUT2D eigenvalue weighted by Gasteiger charge is 2.19. The Kier molecular flexibility index (Phi) is 5.14. The van der Waals surface area contributed by atoms with Crippen molar-refractivity contribution in [1.29, 1.82) is 0 Å². The molecule has 0 aliphatic rings. The quantitative estimate of drug-likeness (QED) is 0.870. The molecule has 6 nitrogen and oxygen atoms in total. The molecule has 0 saturated heterocycles. The van der Waals surface area contributed by atoms with Crippen molar-refractivity contribution in [3.63, 3.8) is 0 Å². The van der Waals surface area contributed by atoms with E-state index in [-0.39, 0.29) is 16.5 Å². The molecule has 0 unspecified atom stereocenters. The second-order valence-corrected chi connectivity index (χ2v) is 7.12. The predicted octanol–water partition coefficient (Wildman–Crippen LogP) is 3.07. The summed E-state index contributed by atoms with van der Waals surface area (Å²) in [6.07, 6.45) is 0. The van der Waals surface area contributed by atoms with Gasteiger partial charge in [0.2, 0.25) is 5.91 Å². The average Bonchev–Trinajstić information content (AvgIpc) is 2.47. The molecule has 2 rings (SSSR count). The molecule has 0 atom stereocenters. The molecule has 1 amide bonds. The predicted molar refractivity (Wildman–Crippen MR) is 94.0 cm³/mol. The Morgan fingerprint density at radius 3 is 2.33 bits per heavy atom. The lowest BCUT2D eigenvalue weighted by atomic mass is 10.2. The van der Waals surface area contributed by atoms with Crippen LogP contribution in [0.15, 0.2) is 41.3 Å². The molecule has 0 heterocycles. The molecule has 0 radical (unpaired) electrons. The van der Waals surface area contributed by atoms with Gasteiger partial charge in [0.25, 0.3) is 10.0 Å². The van der Waals surface area contributed by atoms with Crippen molar-refractivity contribution in [2.75, 3.05) is 17.1 Å². The fourth-order valence-corrected chi connectivity index (χ4v) is 3.63. The Morgan fingerprint density at radius 2 is 1.75 bits per heavy atom. The van der Waals surface area contributed by atoms with Crippen LogP contribution in [0.2, 0.25) is 0 Å². The van der Waals surface area contributed by atoms with Crippen molar-refractivity contribution in [2.45, 2.75) is 25.7 Å². The first-order chi connectivity index (χ1) is 11.2. The molecule has 0 saturated carbocycles. The number of rotatable bonds is 5. The highest BCUT2D eigenvalue weighted by Crippen LogP contribution is 2.30. The Bertz CT molecular complexity index is 876. The van der Waals surface area contributed by atoms with Gasteiger partial charge in [-0.05, 0) is 37.6 Å². The number of nitrogens with one attached hydrogen (secondary N) is 2. The number of amides is 1. The van der Waals surface area contributed by atoms with Crippen molar-refractivity contribution < 1.29 is 17.9 Å². The summed E-state index contributed by atoms with van der Waals surface area (Å²) in [6, 6.07) is 9.84. The van der Waals surface area contributed by atoms with Gasteiger partial charge in [0.15, 0.2) is 0 Å². The Morgan fingerprint density at radius 1 is 1.04 bits per heavy atom. The molecule has 0 aromatic heterocycles. The van der Waals surface area contributed by atoms with E-state index in [0.29, 0.717) is 17.0 Å². The van der Waals surface area contributed by atoms with Crippen LogP contribution in [-0.2, 0) is 14.8 Å². The van der Waals surface area contributed by atoms with E-state index < -0.39 is 10.0 Å². The maximum Gasteiger partial charge on any atom is 0.262 e. The highest BCUT2D eigenvalue weighted by atomic mass is 32.2. The molecule has 0 fully saturated rings. The number of sulfonamides is 1. The molecule has 128 valence electrons. The highest BCUT2D eigenvalue weighted by molar-refractivity contribution is 7.92. The second kappa shape index (κ2) is 6.92. The largest absolute Gasteiger partial charge is 0.497 e. The van der Waals surface area contributed by atoms with E-state index in [1.54, 1.807) is 37.3 Å². The van der Waals surface area contributed by atoms with E-state index in [0.717, 1.165) is 5.56 Å². The normalized spacial score (nSPS) is 11.0. The van der Waals surface area contributed by atoms with Gasteiger partial charge in [-0.15, -0.1) is 0 Å². The third kappa shape index (κ3) is 4.05. The van der Waals surface area contributed by atoms with Crippen LogP contribution in [0.25, 0.3) is 0 Å². The van der Waals surface area contributed by atoms with Gasteiger partial charge in [-0.3, -0.25) is 9.52 Å². The molecule has 0 spiro atoms. The van der Waals surface area contributed by atoms with Crippen LogP contribution >= 0.6 is 0 Å². The fraction of sp³-hybridized carbons (Fsp3) is 0.235. The number of carbonyl (C=O) groups excluding carboxylic acids is 1. The summed E-state index contributed by atoms with van der Waals surface area (Å²) in [5.41, 5.74) is 2.22. The smallest absolute Gasteiger partial charge is 0.262 e. The average molecular weight is 348 g/mol. The third-order valence-corrected chi connectivity index (χ3v) is 4.93. The zero-order valence-electron chi connectivity index (χ0n) is 14.0. The zero-order valence-corrected chi connectivity index (χ0v) is 14.8. The lowest BCUT2D eigenvalue weighted by Crippen LogP contribution is -2.17. The molecule has 0 aliphatic carbocycles. The maximum absolute atomic E-state index is 12.7. The minimum absolute atomic E-state index is 0.185. The van der Waals surface area contributed by atoms with Gasteiger partial charge >= 0.3 is 0 Å². The minimum atomic E-state index is -3.80. The topological polar surface area (TPSA) is 84.5 Å². The van der Waals surface area contributed by atoms with Crippen LogP contribution in [0.3, 0.4) is 0 Å². The molecule has 2 aromatic rings. The summed E-state index contributed by atoms with van der Waals surface area (Å²) in [7, 11) is -2.32. The fourth-order valence-electron chi connectivity index (χ4n) is 2.33. The molecule has 0 bridgehead atoms. The van der Waals surface area contributed by atoms with Crippen molar-refractivity contribution in [2.24, 2.45) is 0 Å². The van der Waals surface area contributed by atoms with Crippen LogP contribution in [-0.4, -0.2) is 21.4 Å². The van der Waals surface area contributed by atoms with Crippen LogP contribution < -0.4 is 14.8 Å². The van der Waals surface area contributed by atoms with E-state index in [2.05, 4.69) is 10.0 Å². The van der Waals surface area contributed by atoms with Crippen molar-refractivity contribution in [3.05, 3.63) is 47.5 Å². The van der Waals surface area contributed by atoms with Crippen LogP contribution in [0.5, 0.6) is 5.75 Å². The van der Waals surface area contributed by atoms with Crippen molar-refractivity contribution >= 4 is 27.3 Å². The van der Waals surface area contributed by atoms with Gasteiger partial charge < -0.3 is 10.1 Å². The Hall–Kier alpha value is -2.54. The van der Waals surface area contributed by atoms with Gasteiger partial charge in [-0.25, -0.2) is 8.42 Å². The Labute approximate surface area is 141 Å². The number of ether oxygens (including phenoxy) is 1. The number of methoxy groups -OCH3 is 1. The number of aryl methyl sites for hydroxylation is 2. The molecular formula is C17H20N2O4S. The van der Waals surface area contributed by atoms with Gasteiger partial charge in [0, 0.05) is 13.0 Å². The molecule has 0 aliphatic heterocycles. The zero-order chi connectivity index (χ0) is 17.9. The van der Waals surface area contributed by atoms with Crippen LogP contribution in [0, 0.1) is 13.8 Å². The summed E-state index contributed by atoms with van der Waals surface area (Å²) in [5, 5.41) is 2.60. The van der Waals surface area contributed by atoms with Crippen molar-refractivity contribution in [3.8, 4) is 5.75 Å². The standard InChI is InChI=1S/C17H20N2O4S/c1-11-5-8-17(12(2)9-11)24(21,22)19-16-10-14(23-4)6-7-15(16)18-13(3)20/h5-10,19H,1-4H3,(H,18,20). The lowest BCUT2D eigenvalue weighted by Gasteiger charge is -2.15. The van der Waals surface area contributed by atoms with E-state index in [9.17, 15) is 13.2 Å². The summed E-state index contributed by atoms with van der Waals surface area (Å²) in [4.78, 5) is 11.5. The van der Waals surface area contributed by atoms with E-state index >= 15 is 0 Å². The summed E-state index contributed by atoms with van der Waals surface area (Å²) in [5.74, 6) is 0.176. The molecule has 2 aromatic carbocycles.